The lowest BCUT2D eigenvalue weighted by Crippen LogP contribution is -2.47. The van der Waals surface area contributed by atoms with Gasteiger partial charge in [0.1, 0.15) is 5.41 Å². The largest absolute Gasteiger partial charge is 0.338 e. The van der Waals surface area contributed by atoms with Crippen LogP contribution in [0.5, 0.6) is 0 Å². The zero-order valence-corrected chi connectivity index (χ0v) is 15.5. The molecule has 4 nitrogen and oxygen atoms in total. The highest BCUT2D eigenvalue weighted by atomic mass is 35.5. The van der Waals surface area contributed by atoms with Crippen molar-refractivity contribution in [1.29, 1.82) is 0 Å². The summed E-state index contributed by atoms with van der Waals surface area (Å²) in [6.45, 7) is 6.17. The third kappa shape index (κ3) is 4.60. The van der Waals surface area contributed by atoms with Crippen LogP contribution in [0.25, 0.3) is 0 Å². The Balaban J connectivity index is 2.14. The van der Waals surface area contributed by atoms with Gasteiger partial charge in [-0.1, -0.05) is 54.1 Å². The van der Waals surface area contributed by atoms with E-state index in [1.54, 1.807) is 43.0 Å². The minimum absolute atomic E-state index is 0.219. The molecule has 132 valence electrons. The minimum atomic E-state index is -1.20. The average Bonchev–Trinajstić information content (AvgIpc) is 2.61. The molecule has 2 aromatic carbocycles. The topological polar surface area (TPSA) is 49.4 Å². The van der Waals surface area contributed by atoms with Gasteiger partial charge in [-0.25, -0.2) is 0 Å². The number of nitrogens with zero attached hydrogens (tertiary/aromatic N) is 1. The number of amides is 2. The van der Waals surface area contributed by atoms with Crippen molar-refractivity contribution in [3.8, 4) is 0 Å². The predicted molar refractivity (Wildman–Crippen MR) is 101 cm³/mol. The summed E-state index contributed by atoms with van der Waals surface area (Å²) in [5.74, 6) is -0.597. The van der Waals surface area contributed by atoms with Gasteiger partial charge in [-0.2, -0.15) is 0 Å². The van der Waals surface area contributed by atoms with Crippen molar-refractivity contribution in [2.75, 3.05) is 11.9 Å². The minimum Gasteiger partial charge on any atom is -0.338 e. The molecule has 0 aliphatic heterocycles. The van der Waals surface area contributed by atoms with Crippen molar-refractivity contribution >= 4 is 29.1 Å². The smallest absolute Gasteiger partial charge is 0.239 e. The Morgan fingerprint density at radius 3 is 2.24 bits per heavy atom. The number of para-hydroxylation sites is 1. The molecule has 0 aliphatic carbocycles. The number of halogens is 1. The van der Waals surface area contributed by atoms with Crippen LogP contribution in [0.1, 0.15) is 26.3 Å². The number of carbonyl (C=O) groups is 2. The zero-order chi connectivity index (χ0) is 18.4. The van der Waals surface area contributed by atoms with Gasteiger partial charge in [0, 0.05) is 13.1 Å². The summed E-state index contributed by atoms with van der Waals surface area (Å²) in [6.07, 6.45) is 0. The monoisotopic (exact) mass is 358 g/mol. The van der Waals surface area contributed by atoms with E-state index in [-0.39, 0.29) is 11.8 Å². The Hall–Kier alpha value is -2.33. The van der Waals surface area contributed by atoms with Gasteiger partial charge in [0.15, 0.2) is 0 Å². The van der Waals surface area contributed by atoms with E-state index in [2.05, 4.69) is 5.32 Å². The molecule has 0 saturated heterocycles. The molecular formula is C20H23ClN2O2. The van der Waals surface area contributed by atoms with Crippen LogP contribution in [0.4, 0.5) is 5.69 Å². The number of carbonyl (C=O) groups excluding carboxylic acids is 2. The van der Waals surface area contributed by atoms with Gasteiger partial charge in [0.05, 0.1) is 10.7 Å². The van der Waals surface area contributed by atoms with Gasteiger partial charge < -0.3 is 10.2 Å². The fourth-order valence-electron chi connectivity index (χ4n) is 2.46. The van der Waals surface area contributed by atoms with Crippen molar-refractivity contribution < 1.29 is 9.59 Å². The van der Waals surface area contributed by atoms with Crippen LogP contribution in [0.3, 0.4) is 0 Å². The van der Waals surface area contributed by atoms with Crippen LogP contribution in [0.2, 0.25) is 5.02 Å². The standard InChI is InChI=1S/C20H23ClN2O2/c1-4-23(14-15-10-6-5-7-11-15)19(25)20(2,3)18(24)22-17-13-9-8-12-16(17)21/h5-13H,4,14H2,1-3H3,(H,22,24). The molecule has 0 fully saturated rings. The number of hydrogen-bond acceptors (Lipinski definition) is 2. The molecule has 0 radical (unpaired) electrons. The van der Waals surface area contributed by atoms with E-state index in [1.807, 2.05) is 37.3 Å². The Morgan fingerprint density at radius 1 is 1.04 bits per heavy atom. The van der Waals surface area contributed by atoms with Gasteiger partial charge in [0.2, 0.25) is 11.8 Å². The molecule has 0 spiro atoms. The molecule has 2 amide bonds. The molecule has 25 heavy (non-hydrogen) atoms. The van der Waals surface area contributed by atoms with Crippen molar-refractivity contribution in [2.45, 2.75) is 27.3 Å². The van der Waals surface area contributed by atoms with E-state index in [1.165, 1.54) is 0 Å². The third-order valence-electron chi connectivity index (χ3n) is 4.11. The molecule has 5 heteroatoms. The maximum atomic E-state index is 12.9. The number of nitrogens with one attached hydrogen (secondary N) is 1. The van der Waals surface area contributed by atoms with E-state index in [0.29, 0.717) is 23.8 Å². The molecular weight excluding hydrogens is 336 g/mol. The van der Waals surface area contributed by atoms with Gasteiger partial charge in [0.25, 0.3) is 0 Å². The van der Waals surface area contributed by atoms with Crippen LogP contribution in [0, 0.1) is 5.41 Å². The molecule has 1 N–H and O–H groups in total. The van der Waals surface area contributed by atoms with Gasteiger partial charge in [-0.15, -0.1) is 0 Å². The summed E-state index contributed by atoms with van der Waals surface area (Å²) in [5.41, 5.74) is 0.324. The lowest BCUT2D eigenvalue weighted by molar-refractivity contribution is -0.146. The molecule has 2 aromatic rings. The van der Waals surface area contributed by atoms with Crippen LogP contribution < -0.4 is 5.32 Å². The first kappa shape index (κ1) is 19.0. The second-order valence-corrected chi connectivity index (χ2v) is 6.77. The highest BCUT2D eigenvalue weighted by Crippen LogP contribution is 2.26. The van der Waals surface area contributed by atoms with E-state index in [9.17, 15) is 9.59 Å². The van der Waals surface area contributed by atoms with Crippen LogP contribution in [-0.2, 0) is 16.1 Å². The average molecular weight is 359 g/mol. The number of benzene rings is 2. The quantitative estimate of drug-likeness (QED) is 0.780. The summed E-state index contributed by atoms with van der Waals surface area (Å²) in [4.78, 5) is 27.3. The number of anilines is 1. The Labute approximate surface area is 153 Å². The lowest BCUT2D eigenvalue weighted by Gasteiger charge is -2.30. The predicted octanol–water partition coefficient (Wildman–Crippen LogP) is 4.35. The third-order valence-corrected chi connectivity index (χ3v) is 4.44. The maximum Gasteiger partial charge on any atom is 0.239 e. The molecule has 0 saturated carbocycles. The second-order valence-electron chi connectivity index (χ2n) is 6.36. The van der Waals surface area contributed by atoms with Gasteiger partial charge >= 0.3 is 0 Å². The number of hydrogen-bond donors (Lipinski definition) is 1. The summed E-state index contributed by atoms with van der Waals surface area (Å²) in [5, 5.41) is 3.20. The normalized spacial score (nSPS) is 11.0. The first-order valence-corrected chi connectivity index (χ1v) is 8.63. The van der Waals surface area contributed by atoms with E-state index >= 15 is 0 Å². The second kappa shape index (κ2) is 8.17. The SMILES string of the molecule is CCN(Cc1ccccc1)C(=O)C(C)(C)C(=O)Nc1ccccc1Cl. The maximum absolute atomic E-state index is 12.9. The Bertz CT molecular complexity index is 744. The van der Waals surface area contributed by atoms with Crippen LogP contribution >= 0.6 is 11.6 Å². The molecule has 2 rings (SSSR count). The Morgan fingerprint density at radius 2 is 1.64 bits per heavy atom. The van der Waals surface area contributed by atoms with Crippen LogP contribution in [-0.4, -0.2) is 23.3 Å². The Kier molecular flexibility index (Phi) is 6.21. The molecule has 0 aliphatic rings. The molecule has 0 heterocycles. The van der Waals surface area contributed by atoms with E-state index < -0.39 is 5.41 Å². The van der Waals surface area contributed by atoms with Crippen molar-refractivity contribution in [3.05, 3.63) is 65.2 Å². The summed E-state index contributed by atoms with van der Waals surface area (Å²) in [7, 11) is 0. The summed E-state index contributed by atoms with van der Waals surface area (Å²) < 4.78 is 0. The summed E-state index contributed by atoms with van der Waals surface area (Å²) in [6, 6.07) is 16.7. The zero-order valence-electron chi connectivity index (χ0n) is 14.8. The molecule has 0 bridgehead atoms. The fourth-order valence-corrected chi connectivity index (χ4v) is 2.65. The lowest BCUT2D eigenvalue weighted by atomic mass is 9.90. The van der Waals surface area contributed by atoms with E-state index in [4.69, 9.17) is 11.6 Å². The first-order chi connectivity index (χ1) is 11.9. The molecule has 0 aromatic heterocycles. The highest BCUT2D eigenvalue weighted by molar-refractivity contribution is 6.33. The molecule has 0 unspecified atom stereocenters. The van der Waals surface area contributed by atoms with Crippen molar-refractivity contribution in [2.24, 2.45) is 5.41 Å². The van der Waals surface area contributed by atoms with Crippen molar-refractivity contribution in [3.63, 3.8) is 0 Å². The molecule has 0 atom stereocenters. The first-order valence-electron chi connectivity index (χ1n) is 8.25. The summed E-state index contributed by atoms with van der Waals surface area (Å²) >= 11 is 6.09. The fraction of sp³-hybridized carbons (Fsp3) is 0.300. The highest BCUT2D eigenvalue weighted by Gasteiger charge is 2.39. The van der Waals surface area contributed by atoms with Crippen LogP contribution in [0.15, 0.2) is 54.6 Å². The number of rotatable bonds is 6. The van der Waals surface area contributed by atoms with Gasteiger partial charge in [-0.05, 0) is 38.5 Å². The van der Waals surface area contributed by atoms with Crippen molar-refractivity contribution in [1.82, 2.24) is 4.90 Å². The van der Waals surface area contributed by atoms with Gasteiger partial charge in [-0.3, -0.25) is 9.59 Å². The van der Waals surface area contributed by atoms with E-state index in [0.717, 1.165) is 5.56 Å².